The van der Waals surface area contributed by atoms with E-state index in [-0.39, 0.29) is 11.5 Å². The molecule has 1 saturated heterocycles. The molecule has 1 aromatic carbocycles. The van der Waals surface area contributed by atoms with E-state index < -0.39 is 23.5 Å². The van der Waals surface area contributed by atoms with Gasteiger partial charge in [0.1, 0.15) is 23.0 Å². The highest BCUT2D eigenvalue weighted by Crippen LogP contribution is 2.44. The second-order valence-corrected chi connectivity index (χ2v) is 9.65. The van der Waals surface area contributed by atoms with E-state index in [0.717, 1.165) is 34.5 Å². The molecule has 4 aromatic heterocycles. The summed E-state index contributed by atoms with van der Waals surface area (Å²) in [5.74, 6) is -2.75. The maximum atomic E-state index is 15.5. The van der Waals surface area contributed by atoms with Crippen molar-refractivity contribution in [1.29, 1.82) is 0 Å². The van der Waals surface area contributed by atoms with Crippen molar-refractivity contribution in [2.75, 3.05) is 20.3 Å². The monoisotopic (exact) mass is 521 g/mol. The highest BCUT2D eigenvalue weighted by molar-refractivity contribution is 6.08. The molecule has 5 heterocycles. The van der Waals surface area contributed by atoms with Gasteiger partial charge in [0.15, 0.2) is 0 Å². The Kier molecular flexibility index (Phi) is 6.06. The molecule has 1 aliphatic heterocycles. The second kappa shape index (κ2) is 9.43. The third-order valence-corrected chi connectivity index (χ3v) is 7.43. The van der Waals surface area contributed by atoms with Gasteiger partial charge in [0, 0.05) is 61.3 Å². The van der Waals surface area contributed by atoms with Crippen LogP contribution >= 0.6 is 0 Å². The number of benzene rings is 1. The van der Waals surface area contributed by atoms with Crippen LogP contribution < -0.4 is 4.74 Å². The van der Waals surface area contributed by atoms with Gasteiger partial charge in [-0.2, -0.15) is 0 Å². The Morgan fingerprint density at radius 1 is 1.05 bits per heavy atom. The molecular weight excluding hydrogens is 495 g/mol. The molecule has 1 atom stereocenters. The maximum absolute atomic E-state index is 15.5. The van der Waals surface area contributed by atoms with E-state index in [1.165, 1.54) is 7.11 Å². The van der Waals surface area contributed by atoms with Crippen LogP contribution in [0.5, 0.6) is 5.88 Å². The van der Waals surface area contributed by atoms with Crippen LogP contribution in [0.3, 0.4) is 0 Å². The van der Waals surface area contributed by atoms with Crippen molar-refractivity contribution in [1.82, 2.24) is 24.1 Å². The van der Waals surface area contributed by atoms with Crippen molar-refractivity contribution in [3.63, 3.8) is 0 Å². The average Bonchev–Trinajstić information content (AvgIpc) is 3.42. The molecule has 10 heteroatoms. The molecule has 1 fully saturated rings. The molecule has 38 heavy (non-hydrogen) atoms. The van der Waals surface area contributed by atoms with E-state index in [1.54, 1.807) is 18.7 Å². The van der Waals surface area contributed by atoms with Gasteiger partial charge in [0.2, 0.25) is 5.88 Å². The summed E-state index contributed by atoms with van der Waals surface area (Å²) in [6.07, 6.45) is 6.25. The third-order valence-electron chi connectivity index (χ3n) is 7.43. The Morgan fingerprint density at radius 3 is 2.45 bits per heavy atom. The lowest BCUT2D eigenvalue weighted by Crippen LogP contribution is -2.28. The van der Waals surface area contributed by atoms with Crippen LogP contribution in [0, 0.1) is 30.3 Å². The number of imidazole rings is 1. The van der Waals surface area contributed by atoms with Gasteiger partial charge >= 0.3 is 0 Å². The fourth-order valence-electron chi connectivity index (χ4n) is 5.79. The van der Waals surface area contributed by atoms with Crippen LogP contribution in [0.25, 0.3) is 33.2 Å². The maximum Gasteiger partial charge on any atom is 0.238 e. The summed E-state index contributed by atoms with van der Waals surface area (Å²) in [6.45, 7) is 2.82. The van der Waals surface area contributed by atoms with Crippen LogP contribution in [0.15, 0.2) is 43.0 Å². The van der Waals surface area contributed by atoms with E-state index in [4.69, 9.17) is 14.5 Å². The fourth-order valence-corrected chi connectivity index (χ4v) is 5.79. The van der Waals surface area contributed by atoms with Gasteiger partial charge in [-0.05, 0) is 37.8 Å². The Bertz CT molecular complexity index is 1630. The van der Waals surface area contributed by atoms with Crippen molar-refractivity contribution < 1.29 is 22.6 Å². The summed E-state index contributed by atoms with van der Waals surface area (Å²) in [5, 5.41) is 0.736. The van der Waals surface area contributed by atoms with Gasteiger partial charge in [-0.25, -0.2) is 23.1 Å². The first kappa shape index (κ1) is 24.4. The summed E-state index contributed by atoms with van der Waals surface area (Å²) in [7, 11) is 3.40. The third kappa shape index (κ3) is 3.82. The van der Waals surface area contributed by atoms with Gasteiger partial charge in [0.05, 0.1) is 41.9 Å². The number of aryl methyl sites for hydroxylation is 2. The van der Waals surface area contributed by atoms with Gasteiger partial charge in [-0.15, -0.1) is 0 Å². The number of rotatable bonds is 5. The van der Waals surface area contributed by atoms with Crippen LogP contribution in [0.4, 0.5) is 13.2 Å². The van der Waals surface area contributed by atoms with E-state index in [2.05, 4.69) is 9.97 Å². The number of hydrogen-bond donors (Lipinski definition) is 0. The number of pyridine rings is 2. The summed E-state index contributed by atoms with van der Waals surface area (Å²) < 4.78 is 60.0. The number of fused-ring (bicyclic) bond motifs is 3. The second-order valence-electron chi connectivity index (χ2n) is 9.65. The topological polar surface area (TPSA) is 67.0 Å². The lowest BCUT2D eigenvalue weighted by Gasteiger charge is -2.33. The smallest absolute Gasteiger partial charge is 0.238 e. The number of halogens is 3. The molecule has 0 aliphatic carbocycles. The molecule has 1 aliphatic rings. The molecule has 0 amide bonds. The molecule has 7 nitrogen and oxygen atoms in total. The van der Waals surface area contributed by atoms with Crippen molar-refractivity contribution >= 4 is 21.9 Å². The number of ether oxygens (including phenoxy) is 2. The lowest BCUT2D eigenvalue weighted by atomic mass is 9.86. The summed E-state index contributed by atoms with van der Waals surface area (Å²) >= 11 is 0. The van der Waals surface area contributed by atoms with E-state index in [0.29, 0.717) is 48.5 Å². The van der Waals surface area contributed by atoms with Crippen molar-refractivity contribution in [2.24, 2.45) is 13.0 Å². The molecular formula is C28H26F3N5O2. The molecule has 0 bridgehead atoms. The molecule has 0 saturated carbocycles. The Morgan fingerprint density at radius 2 is 1.79 bits per heavy atom. The zero-order valence-electron chi connectivity index (χ0n) is 21.2. The quantitative estimate of drug-likeness (QED) is 0.295. The minimum absolute atomic E-state index is 0.204. The van der Waals surface area contributed by atoms with E-state index in [1.807, 2.05) is 35.2 Å². The fraction of sp³-hybridized carbons (Fsp3) is 0.321. The Hall–Kier alpha value is -3.92. The van der Waals surface area contributed by atoms with E-state index >= 15 is 8.78 Å². The Balaban J connectivity index is 1.74. The number of nitrogens with zero attached hydrogens (tertiary/aromatic N) is 5. The van der Waals surface area contributed by atoms with Crippen LogP contribution in [0.1, 0.15) is 30.1 Å². The number of aromatic nitrogens is 5. The summed E-state index contributed by atoms with van der Waals surface area (Å²) in [4.78, 5) is 13.6. The average molecular weight is 522 g/mol. The standard InChI is InChI=1S/C28H26F3N5O2/c1-15-25(35(2)14-34-15)17-10-22-24(33-13-17)19-4-7-32-28(37-3)27(19)36(22)26(16-5-8-38-9-6-16)23-20(30)11-18(29)12-21(23)31/h4,7,10-14,16,26H,5-6,8-9H2,1-3H3. The van der Waals surface area contributed by atoms with Gasteiger partial charge < -0.3 is 18.6 Å². The van der Waals surface area contributed by atoms with Crippen molar-refractivity contribution in [3.05, 3.63) is 71.7 Å². The number of hydrogen-bond acceptors (Lipinski definition) is 5. The van der Waals surface area contributed by atoms with Crippen LogP contribution in [0.2, 0.25) is 0 Å². The van der Waals surface area contributed by atoms with Gasteiger partial charge in [-0.3, -0.25) is 4.98 Å². The highest BCUT2D eigenvalue weighted by Gasteiger charge is 2.35. The van der Waals surface area contributed by atoms with Gasteiger partial charge in [0.25, 0.3) is 0 Å². The minimum atomic E-state index is -0.966. The predicted molar refractivity (Wildman–Crippen MR) is 137 cm³/mol. The minimum Gasteiger partial charge on any atom is -0.479 e. The van der Waals surface area contributed by atoms with Crippen molar-refractivity contribution in [3.8, 4) is 17.1 Å². The first-order chi connectivity index (χ1) is 18.4. The molecule has 0 spiro atoms. The first-order valence-corrected chi connectivity index (χ1v) is 12.4. The molecule has 0 N–H and O–H groups in total. The van der Waals surface area contributed by atoms with Crippen LogP contribution in [-0.2, 0) is 11.8 Å². The molecule has 5 aromatic rings. The molecule has 6 rings (SSSR count). The normalized spacial score (nSPS) is 15.4. The zero-order valence-corrected chi connectivity index (χ0v) is 21.2. The summed E-state index contributed by atoms with van der Waals surface area (Å²) in [5.41, 5.74) is 4.17. The highest BCUT2D eigenvalue weighted by atomic mass is 19.1. The lowest BCUT2D eigenvalue weighted by molar-refractivity contribution is 0.0543. The van der Waals surface area contributed by atoms with Crippen molar-refractivity contribution in [2.45, 2.75) is 25.8 Å². The molecule has 0 radical (unpaired) electrons. The Labute approximate surface area is 216 Å². The number of methoxy groups -OCH3 is 1. The largest absolute Gasteiger partial charge is 0.479 e. The first-order valence-electron chi connectivity index (χ1n) is 12.4. The van der Waals surface area contributed by atoms with Crippen LogP contribution in [-0.4, -0.2) is 44.4 Å². The summed E-state index contributed by atoms with van der Waals surface area (Å²) in [6, 6.07) is 4.41. The molecule has 196 valence electrons. The van der Waals surface area contributed by atoms with E-state index in [9.17, 15) is 4.39 Å². The molecule has 1 unspecified atom stereocenters. The zero-order chi connectivity index (χ0) is 26.6. The predicted octanol–water partition coefficient (Wildman–Crippen LogP) is 5.74. The SMILES string of the molecule is COc1nccc2c3ncc(-c4c(C)ncn4C)cc3n(C(c3c(F)cc(F)cc3F)C3CCOCC3)c12. The van der Waals surface area contributed by atoms with Gasteiger partial charge in [-0.1, -0.05) is 0 Å².